The molecule has 0 spiro atoms. The Morgan fingerprint density at radius 1 is 1.03 bits per heavy atom. The maximum absolute atomic E-state index is 13.1. The van der Waals surface area contributed by atoms with Crippen LogP contribution in [0, 0.1) is 5.92 Å². The highest BCUT2D eigenvalue weighted by atomic mass is 35.5. The number of hydrogen-bond acceptors (Lipinski definition) is 3. The number of carbonyl (C=O) groups excluding carboxylic acids is 2. The largest absolute Gasteiger partial charge is 0.484 e. The summed E-state index contributed by atoms with van der Waals surface area (Å²) in [5, 5.41) is 3.49. The van der Waals surface area contributed by atoms with Gasteiger partial charge in [0.05, 0.1) is 0 Å². The summed E-state index contributed by atoms with van der Waals surface area (Å²) in [5.41, 5.74) is 2.06. The molecule has 0 fully saturated rings. The maximum atomic E-state index is 13.1. The van der Waals surface area contributed by atoms with Crippen molar-refractivity contribution < 1.29 is 14.3 Å². The molecule has 1 N–H and O–H groups in total. The lowest BCUT2D eigenvalue weighted by Crippen LogP contribution is -2.49. The Morgan fingerprint density at radius 3 is 2.29 bits per heavy atom. The van der Waals surface area contributed by atoms with Gasteiger partial charge in [-0.3, -0.25) is 9.59 Å². The fourth-order valence-corrected chi connectivity index (χ4v) is 3.26. The van der Waals surface area contributed by atoms with Crippen molar-refractivity contribution in [2.75, 3.05) is 13.2 Å². The molecule has 168 valence electrons. The van der Waals surface area contributed by atoms with Crippen molar-refractivity contribution in [2.45, 2.75) is 53.1 Å². The Labute approximate surface area is 190 Å². The SMILES string of the molecule is CC(C)CNC(=O)[C@@H](C)N(Cc1cccc(Cl)c1)C(=O)COc1ccc(C(C)C)cc1. The maximum Gasteiger partial charge on any atom is 0.261 e. The number of rotatable bonds is 10. The molecule has 0 radical (unpaired) electrons. The fourth-order valence-electron chi connectivity index (χ4n) is 3.04. The third kappa shape index (κ3) is 7.91. The smallest absolute Gasteiger partial charge is 0.261 e. The second-order valence-corrected chi connectivity index (χ2v) is 8.92. The predicted molar refractivity (Wildman–Crippen MR) is 125 cm³/mol. The van der Waals surface area contributed by atoms with E-state index in [9.17, 15) is 9.59 Å². The molecule has 2 amide bonds. The summed E-state index contributed by atoms with van der Waals surface area (Å²) in [4.78, 5) is 27.2. The van der Waals surface area contributed by atoms with Gasteiger partial charge >= 0.3 is 0 Å². The summed E-state index contributed by atoms with van der Waals surface area (Å²) in [7, 11) is 0. The van der Waals surface area contributed by atoms with E-state index in [-0.39, 0.29) is 25.0 Å². The summed E-state index contributed by atoms with van der Waals surface area (Å²) in [6, 6.07) is 14.4. The van der Waals surface area contributed by atoms with E-state index in [1.807, 2.05) is 50.2 Å². The highest BCUT2D eigenvalue weighted by Gasteiger charge is 2.26. The van der Waals surface area contributed by atoms with Gasteiger partial charge in [-0.1, -0.05) is 63.6 Å². The van der Waals surface area contributed by atoms with Gasteiger partial charge in [0.2, 0.25) is 5.91 Å². The quantitative estimate of drug-likeness (QED) is 0.559. The molecule has 5 nitrogen and oxygen atoms in total. The summed E-state index contributed by atoms with van der Waals surface area (Å²) >= 11 is 6.10. The molecule has 31 heavy (non-hydrogen) atoms. The minimum absolute atomic E-state index is 0.149. The van der Waals surface area contributed by atoms with Crippen molar-refractivity contribution >= 4 is 23.4 Å². The number of hydrogen-bond donors (Lipinski definition) is 1. The van der Waals surface area contributed by atoms with Crippen molar-refractivity contribution in [1.82, 2.24) is 10.2 Å². The molecule has 2 aromatic carbocycles. The van der Waals surface area contributed by atoms with Crippen molar-refractivity contribution in [2.24, 2.45) is 5.92 Å². The third-order valence-corrected chi connectivity index (χ3v) is 5.24. The molecular formula is C25H33ClN2O3. The Kier molecular flexibility index (Phi) is 9.38. The van der Waals surface area contributed by atoms with Gasteiger partial charge in [-0.05, 0) is 54.2 Å². The van der Waals surface area contributed by atoms with Gasteiger partial charge in [-0.15, -0.1) is 0 Å². The lowest BCUT2D eigenvalue weighted by Gasteiger charge is -2.29. The Bertz CT molecular complexity index is 865. The van der Waals surface area contributed by atoms with Gasteiger partial charge in [0, 0.05) is 18.1 Å². The zero-order chi connectivity index (χ0) is 23.0. The van der Waals surface area contributed by atoms with Crippen LogP contribution in [0.1, 0.15) is 51.7 Å². The number of nitrogens with one attached hydrogen (secondary N) is 1. The van der Waals surface area contributed by atoms with Gasteiger partial charge < -0.3 is 15.0 Å². The average Bonchev–Trinajstić information content (AvgIpc) is 2.74. The fraction of sp³-hybridized carbons (Fsp3) is 0.440. The summed E-state index contributed by atoms with van der Waals surface area (Å²) in [5.74, 6) is 0.919. The van der Waals surface area contributed by atoms with E-state index in [4.69, 9.17) is 16.3 Å². The van der Waals surface area contributed by atoms with Crippen LogP contribution < -0.4 is 10.1 Å². The molecule has 0 bridgehead atoms. The number of amides is 2. The zero-order valence-electron chi connectivity index (χ0n) is 19.0. The van der Waals surface area contributed by atoms with Gasteiger partial charge in [0.1, 0.15) is 11.8 Å². The molecule has 0 aliphatic rings. The van der Waals surface area contributed by atoms with E-state index in [1.54, 1.807) is 19.1 Å². The molecule has 6 heteroatoms. The van der Waals surface area contributed by atoms with Gasteiger partial charge in [-0.2, -0.15) is 0 Å². The minimum Gasteiger partial charge on any atom is -0.484 e. The predicted octanol–water partition coefficient (Wildman–Crippen LogP) is 5.03. The monoisotopic (exact) mass is 444 g/mol. The molecule has 0 saturated carbocycles. The number of halogens is 1. The first-order chi connectivity index (χ1) is 14.7. The summed E-state index contributed by atoms with van der Waals surface area (Å²) < 4.78 is 5.72. The molecule has 0 saturated heterocycles. The number of ether oxygens (including phenoxy) is 1. The molecule has 2 aromatic rings. The van der Waals surface area contributed by atoms with E-state index < -0.39 is 6.04 Å². The van der Waals surface area contributed by atoms with Crippen LogP contribution >= 0.6 is 11.6 Å². The first kappa shape index (κ1) is 24.7. The summed E-state index contributed by atoms with van der Waals surface area (Å²) in [6.07, 6.45) is 0. The molecule has 2 rings (SSSR count). The van der Waals surface area contributed by atoms with Gasteiger partial charge in [0.15, 0.2) is 6.61 Å². The second kappa shape index (κ2) is 11.8. The lowest BCUT2D eigenvalue weighted by molar-refractivity contribution is -0.142. The van der Waals surface area contributed by atoms with Gasteiger partial charge in [-0.25, -0.2) is 0 Å². The van der Waals surface area contributed by atoms with Crippen LogP contribution in [0.5, 0.6) is 5.75 Å². The van der Waals surface area contributed by atoms with Gasteiger partial charge in [0.25, 0.3) is 5.91 Å². The molecule has 0 heterocycles. The number of benzene rings is 2. The standard InChI is InChI=1S/C25H33ClN2O3/c1-17(2)14-27-25(30)19(5)28(15-20-7-6-8-22(26)13-20)24(29)16-31-23-11-9-21(10-12-23)18(3)4/h6-13,17-19H,14-16H2,1-5H3,(H,27,30)/t19-/m1/s1. The molecule has 0 unspecified atom stereocenters. The van der Waals surface area contributed by atoms with Crippen molar-refractivity contribution in [3.63, 3.8) is 0 Å². The normalized spacial score (nSPS) is 12.0. The summed E-state index contributed by atoms with van der Waals surface area (Å²) in [6.45, 7) is 10.7. The van der Waals surface area contributed by atoms with E-state index in [1.165, 1.54) is 10.5 Å². The molecule has 0 aromatic heterocycles. The second-order valence-electron chi connectivity index (χ2n) is 8.48. The topological polar surface area (TPSA) is 58.6 Å². The highest BCUT2D eigenvalue weighted by molar-refractivity contribution is 6.30. The Balaban J connectivity index is 2.11. The first-order valence-corrected chi connectivity index (χ1v) is 11.1. The molecule has 0 aliphatic heterocycles. The third-order valence-electron chi connectivity index (χ3n) is 5.00. The zero-order valence-corrected chi connectivity index (χ0v) is 19.8. The first-order valence-electron chi connectivity index (χ1n) is 10.7. The van der Waals surface area contributed by atoms with Crippen LogP contribution in [0.2, 0.25) is 5.02 Å². The lowest BCUT2D eigenvalue weighted by atomic mass is 10.0. The Hall–Kier alpha value is -2.53. The van der Waals surface area contributed by atoms with Crippen molar-refractivity contribution in [3.8, 4) is 5.75 Å². The van der Waals surface area contributed by atoms with Crippen LogP contribution in [-0.2, 0) is 16.1 Å². The van der Waals surface area contributed by atoms with E-state index in [0.717, 1.165) is 5.56 Å². The molecule has 0 aliphatic carbocycles. The van der Waals surface area contributed by atoms with Crippen LogP contribution in [0.4, 0.5) is 0 Å². The van der Waals surface area contributed by atoms with Crippen molar-refractivity contribution in [3.05, 3.63) is 64.7 Å². The number of carbonyl (C=O) groups is 2. The average molecular weight is 445 g/mol. The highest BCUT2D eigenvalue weighted by Crippen LogP contribution is 2.19. The molecular weight excluding hydrogens is 412 g/mol. The van der Waals surface area contributed by atoms with Crippen LogP contribution in [0.3, 0.4) is 0 Å². The van der Waals surface area contributed by atoms with Crippen LogP contribution in [0.15, 0.2) is 48.5 Å². The van der Waals surface area contributed by atoms with E-state index in [0.29, 0.717) is 29.2 Å². The van der Waals surface area contributed by atoms with E-state index >= 15 is 0 Å². The van der Waals surface area contributed by atoms with E-state index in [2.05, 4.69) is 19.2 Å². The molecule has 1 atom stereocenters. The Morgan fingerprint density at radius 2 is 1.71 bits per heavy atom. The number of nitrogens with zero attached hydrogens (tertiary/aromatic N) is 1. The van der Waals surface area contributed by atoms with Crippen LogP contribution in [0.25, 0.3) is 0 Å². The van der Waals surface area contributed by atoms with Crippen LogP contribution in [-0.4, -0.2) is 35.9 Å². The minimum atomic E-state index is -0.642. The van der Waals surface area contributed by atoms with Crippen molar-refractivity contribution in [1.29, 1.82) is 0 Å².